The van der Waals surface area contributed by atoms with Crippen LogP contribution in [0.15, 0.2) is 45.8 Å². The van der Waals surface area contributed by atoms with Gasteiger partial charge in [0, 0.05) is 10.1 Å². The van der Waals surface area contributed by atoms with Crippen LogP contribution in [0.25, 0.3) is 11.6 Å². The molecule has 0 bridgehead atoms. The van der Waals surface area contributed by atoms with Crippen molar-refractivity contribution in [3.63, 3.8) is 0 Å². The predicted molar refractivity (Wildman–Crippen MR) is 93.4 cm³/mol. The van der Waals surface area contributed by atoms with E-state index < -0.39 is 18.2 Å². The third-order valence-electron chi connectivity index (χ3n) is 3.28. The SMILES string of the molecule is Brc1[c-]c2c(cc1)C1Sc3ccccc3C1=C2.[Cl][Zr]([Cl])[Cl]. The van der Waals surface area contributed by atoms with Crippen LogP contribution in [0.2, 0.25) is 0 Å². The molecule has 0 saturated carbocycles. The number of hydrogen-bond donors (Lipinski definition) is 0. The molecule has 1 unspecified atom stereocenters. The third kappa shape index (κ3) is 3.65. The van der Waals surface area contributed by atoms with Crippen LogP contribution in [0.4, 0.5) is 0 Å². The number of rotatable bonds is 0. The molecular formula is C15H8BrCl3SZr-. The molecule has 0 saturated heterocycles. The number of thioether (sulfide) groups is 1. The van der Waals surface area contributed by atoms with E-state index in [1.54, 1.807) is 0 Å². The molecule has 2 aliphatic rings. The van der Waals surface area contributed by atoms with Gasteiger partial charge in [-0.2, -0.15) is 0 Å². The number of hydrogen-bond acceptors (Lipinski definition) is 1. The van der Waals surface area contributed by atoms with E-state index in [2.05, 4.69) is 64.5 Å². The Kier molecular flexibility index (Phi) is 5.63. The fraction of sp³-hybridized carbons (Fsp3) is 0.0667. The van der Waals surface area contributed by atoms with Crippen LogP contribution in [0.3, 0.4) is 0 Å². The molecule has 0 amide bonds. The summed E-state index contributed by atoms with van der Waals surface area (Å²) in [6, 6.07) is 16.3. The van der Waals surface area contributed by atoms with Crippen molar-refractivity contribution < 1.29 is 18.2 Å². The van der Waals surface area contributed by atoms with Crippen molar-refractivity contribution in [1.29, 1.82) is 0 Å². The summed E-state index contributed by atoms with van der Waals surface area (Å²) in [5.74, 6) is 0. The first-order valence-electron chi connectivity index (χ1n) is 6.09. The van der Waals surface area contributed by atoms with E-state index in [9.17, 15) is 0 Å². The van der Waals surface area contributed by atoms with Gasteiger partial charge in [-0.25, -0.2) is 0 Å². The topological polar surface area (TPSA) is 0 Å². The van der Waals surface area contributed by atoms with Crippen molar-refractivity contribution in [2.24, 2.45) is 0 Å². The predicted octanol–water partition coefficient (Wildman–Crippen LogP) is 7.02. The first-order valence-corrected chi connectivity index (χ1v) is 17.3. The molecular weight excluding hydrogens is 490 g/mol. The standard InChI is InChI=1S/C15H8BrS.3ClH.Zr/c16-10-5-6-11-9(7-10)8-13-12-3-1-2-4-14(12)17-15(11)13;;;;/h1-6,8,15H;3*1H;/q-1;;;;+3/p-3. The van der Waals surface area contributed by atoms with Crippen LogP contribution in [0, 0.1) is 6.07 Å². The minimum absolute atomic E-state index is 0.478. The zero-order chi connectivity index (χ0) is 15.0. The van der Waals surface area contributed by atoms with Crippen LogP contribution >= 0.6 is 53.2 Å². The Hall–Kier alpha value is 0.763. The van der Waals surface area contributed by atoms with E-state index in [1.807, 2.05) is 11.8 Å². The Balaban J connectivity index is 0.000000298. The van der Waals surface area contributed by atoms with Crippen molar-refractivity contribution in [2.75, 3.05) is 0 Å². The van der Waals surface area contributed by atoms with Crippen LogP contribution < -0.4 is 0 Å². The Morgan fingerprint density at radius 3 is 2.57 bits per heavy atom. The van der Waals surface area contributed by atoms with E-state index in [-0.39, 0.29) is 0 Å². The average Bonchev–Trinajstić information content (AvgIpc) is 2.93. The van der Waals surface area contributed by atoms with E-state index >= 15 is 0 Å². The number of halogens is 4. The van der Waals surface area contributed by atoms with Crippen molar-refractivity contribution >= 4 is 64.9 Å². The van der Waals surface area contributed by atoms with E-state index in [0.717, 1.165) is 4.47 Å². The number of fused-ring (bicyclic) bond motifs is 5. The summed E-state index contributed by atoms with van der Waals surface area (Å²) in [6.45, 7) is 0. The van der Waals surface area contributed by atoms with Crippen LogP contribution in [-0.2, 0) is 18.2 Å². The molecule has 0 nitrogen and oxygen atoms in total. The van der Waals surface area contributed by atoms with E-state index in [0.29, 0.717) is 5.25 Å². The Morgan fingerprint density at radius 2 is 1.81 bits per heavy atom. The zero-order valence-electron chi connectivity index (χ0n) is 10.5. The Labute approximate surface area is 155 Å². The van der Waals surface area contributed by atoms with Gasteiger partial charge in [0.1, 0.15) is 0 Å². The van der Waals surface area contributed by atoms with Gasteiger partial charge in [-0.1, -0.05) is 44.2 Å². The molecule has 0 fully saturated rings. The summed E-state index contributed by atoms with van der Waals surface area (Å²) in [7, 11) is 15.0. The molecule has 2 aromatic rings. The molecule has 0 radical (unpaired) electrons. The van der Waals surface area contributed by atoms with Crippen molar-refractivity contribution in [2.45, 2.75) is 10.1 Å². The fourth-order valence-electron chi connectivity index (χ4n) is 2.52. The molecule has 1 aliphatic carbocycles. The first kappa shape index (κ1) is 16.6. The Bertz CT molecular complexity index is 715. The molecule has 6 heteroatoms. The van der Waals surface area contributed by atoms with Gasteiger partial charge in [0.15, 0.2) is 0 Å². The molecule has 21 heavy (non-hydrogen) atoms. The molecule has 0 N–H and O–H groups in total. The summed E-state index contributed by atoms with van der Waals surface area (Å²) in [4.78, 5) is 1.40. The summed E-state index contributed by atoms with van der Waals surface area (Å²) in [5, 5.41) is 0.478. The molecule has 1 atom stereocenters. The molecule has 107 valence electrons. The van der Waals surface area contributed by atoms with Gasteiger partial charge in [0.05, 0.1) is 0 Å². The second-order valence-corrected chi connectivity index (χ2v) is 17.7. The molecule has 2 aromatic carbocycles. The quantitative estimate of drug-likeness (QED) is 0.353. The van der Waals surface area contributed by atoms with Gasteiger partial charge in [-0.3, -0.25) is 0 Å². The van der Waals surface area contributed by atoms with Crippen LogP contribution in [-0.4, -0.2) is 0 Å². The van der Waals surface area contributed by atoms with E-state index in [4.69, 9.17) is 25.5 Å². The van der Waals surface area contributed by atoms with Crippen LogP contribution in [0.1, 0.15) is 21.9 Å². The molecule has 4 rings (SSSR count). The van der Waals surface area contributed by atoms with Crippen molar-refractivity contribution in [3.8, 4) is 0 Å². The number of benzene rings is 2. The maximum absolute atomic E-state index is 5.00. The second kappa shape index (κ2) is 7.11. The van der Waals surface area contributed by atoms with Gasteiger partial charge < -0.3 is 0 Å². The van der Waals surface area contributed by atoms with Gasteiger partial charge >= 0.3 is 43.7 Å². The summed E-state index contributed by atoms with van der Waals surface area (Å²) in [5.41, 5.74) is 5.46. The zero-order valence-corrected chi connectivity index (χ0v) is 17.7. The minimum atomic E-state index is -2.13. The van der Waals surface area contributed by atoms with Gasteiger partial charge in [-0.05, 0) is 11.6 Å². The molecule has 1 heterocycles. The van der Waals surface area contributed by atoms with Gasteiger partial charge in [0.25, 0.3) is 0 Å². The average molecular weight is 498 g/mol. The maximum atomic E-state index is 5.00. The second-order valence-electron chi connectivity index (χ2n) is 4.48. The fourth-order valence-corrected chi connectivity index (χ4v) is 4.25. The van der Waals surface area contributed by atoms with Crippen LogP contribution in [0.5, 0.6) is 0 Å². The normalized spacial score (nSPS) is 17.1. The van der Waals surface area contributed by atoms with E-state index in [1.165, 1.54) is 27.2 Å². The summed E-state index contributed by atoms with van der Waals surface area (Å²) in [6.07, 6.45) is 2.28. The first-order chi connectivity index (χ1) is 10.1. The summed E-state index contributed by atoms with van der Waals surface area (Å²) >= 11 is 3.31. The van der Waals surface area contributed by atoms with Gasteiger partial charge in [-0.15, -0.1) is 47.2 Å². The van der Waals surface area contributed by atoms with Gasteiger partial charge in [0.2, 0.25) is 0 Å². The van der Waals surface area contributed by atoms with Crippen molar-refractivity contribution in [1.82, 2.24) is 0 Å². The van der Waals surface area contributed by atoms with Crippen molar-refractivity contribution in [3.05, 3.63) is 63.6 Å². The molecule has 0 spiro atoms. The third-order valence-corrected chi connectivity index (χ3v) is 5.10. The Morgan fingerprint density at radius 1 is 1.10 bits per heavy atom. The monoisotopic (exact) mass is 494 g/mol. The molecule has 1 aliphatic heterocycles. The molecule has 0 aromatic heterocycles. The summed E-state index contributed by atoms with van der Waals surface area (Å²) < 4.78 is 1.03.